The molecule has 0 aliphatic carbocycles. The van der Waals surface area contributed by atoms with Gasteiger partial charge in [0.1, 0.15) is 17.6 Å². The van der Waals surface area contributed by atoms with E-state index < -0.39 is 0 Å². The van der Waals surface area contributed by atoms with Crippen LogP contribution in [0.1, 0.15) is 16.1 Å². The lowest BCUT2D eigenvalue weighted by molar-refractivity contribution is 0.0715. The number of furan rings is 1. The van der Waals surface area contributed by atoms with Crippen molar-refractivity contribution in [3.05, 3.63) is 71.1 Å². The summed E-state index contributed by atoms with van der Waals surface area (Å²) in [6.45, 7) is 2.27. The first-order valence-corrected chi connectivity index (χ1v) is 9.29. The van der Waals surface area contributed by atoms with Crippen molar-refractivity contribution in [3.8, 4) is 17.4 Å². The number of carbonyl (C=O) groups is 1. The molecule has 0 atom stereocenters. The minimum Gasteiger partial charge on any atom is -0.451 e. The fraction of sp³-hybridized carbons (Fsp3) is 0.190. The van der Waals surface area contributed by atoms with Crippen molar-refractivity contribution in [2.24, 2.45) is 0 Å². The number of pyridine rings is 1. The first-order chi connectivity index (χ1) is 13.7. The third kappa shape index (κ3) is 3.45. The minimum absolute atomic E-state index is 0.153. The van der Waals surface area contributed by atoms with Gasteiger partial charge >= 0.3 is 0 Å². The van der Waals surface area contributed by atoms with E-state index in [1.807, 2.05) is 23.1 Å². The zero-order chi connectivity index (χ0) is 19.5. The summed E-state index contributed by atoms with van der Waals surface area (Å²) in [6, 6.07) is 16.5. The normalized spacial score (nSPS) is 14.0. The monoisotopic (exact) mass is 392 g/mol. The van der Waals surface area contributed by atoms with Crippen molar-refractivity contribution < 1.29 is 9.21 Å². The van der Waals surface area contributed by atoms with E-state index in [-0.39, 0.29) is 5.91 Å². The summed E-state index contributed by atoms with van der Waals surface area (Å²) in [5, 5.41) is 9.83. The number of nitriles is 1. The second kappa shape index (κ2) is 7.75. The molecule has 1 aliphatic heterocycles. The van der Waals surface area contributed by atoms with Gasteiger partial charge in [0.2, 0.25) is 0 Å². The highest BCUT2D eigenvalue weighted by molar-refractivity contribution is 6.33. The van der Waals surface area contributed by atoms with E-state index >= 15 is 0 Å². The van der Waals surface area contributed by atoms with Gasteiger partial charge in [-0.05, 0) is 36.4 Å². The number of hydrogen-bond donors (Lipinski definition) is 0. The molecule has 6 nitrogen and oxygen atoms in total. The Hall–Kier alpha value is -3.30. The molecular weight excluding hydrogens is 376 g/mol. The van der Waals surface area contributed by atoms with Crippen molar-refractivity contribution in [2.45, 2.75) is 0 Å². The van der Waals surface area contributed by atoms with Gasteiger partial charge in [0.05, 0.1) is 10.6 Å². The maximum Gasteiger partial charge on any atom is 0.289 e. The highest BCUT2D eigenvalue weighted by Gasteiger charge is 2.26. The molecule has 1 aromatic carbocycles. The van der Waals surface area contributed by atoms with E-state index in [0.717, 1.165) is 5.56 Å². The first-order valence-electron chi connectivity index (χ1n) is 8.91. The van der Waals surface area contributed by atoms with Crippen molar-refractivity contribution in [1.82, 2.24) is 9.88 Å². The Morgan fingerprint density at radius 2 is 1.86 bits per heavy atom. The van der Waals surface area contributed by atoms with Crippen LogP contribution in [0.2, 0.25) is 5.02 Å². The number of rotatable bonds is 3. The van der Waals surface area contributed by atoms with Crippen LogP contribution in [0, 0.1) is 11.3 Å². The number of carbonyl (C=O) groups excluding carboxylic acids is 1. The van der Waals surface area contributed by atoms with Crippen molar-refractivity contribution >= 4 is 23.3 Å². The van der Waals surface area contributed by atoms with Crippen LogP contribution in [0.25, 0.3) is 11.3 Å². The molecule has 3 aromatic rings. The number of piperazine rings is 1. The lowest BCUT2D eigenvalue weighted by atomic mass is 10.2. The number of hydrogen-bond acceptors (Lipinski definition) is 5. The van der Waals surface area contributed by atoms with Crippen LogP contribution < -0.4 is 4.90 Å². The third-order valence-electron chi connectivity index (χ3n) is 4.73. The minimum atomic E-state index is -0.153. The number of nitrogens with zero attached hydrogens (tertiary/aromatic N) is 4. The number of benzene rings is 1. The smallest absolute Gasteiger partial charge is 0.289 e. The van der Waals surface area contributed by atoms with Crippen LogP contribution in [-0.2, 0) is 0 Å². The fourth-order valence-corrected chi connectivity index (χ4v) is 3.50. The second-order valence-electron chi connectivity index (χ2n) is 6.41. The Morgan fingerprint density at radius 1 is 1.07 bits per heavy atom. The zero-order valence-corrected chi connectivity index (χ0v) is 15.8. The topological polar surface area (TPSA) is 73.4 Å². The molecule has 7 heteroatoms. The van der Waals surface area contributed by atoms with Gasteiger partial charge in [0.25, 0.3) is 5.91 Å². The zero-order valence-electron chi connectivity index (χ0n) is 15.0. The molecule has 1 saturated heterocycles. The Morgan fingerprint density at radius 3 is 2.61 bits per heavy atom. The highest BCUT2D eigenvalue weighted by Crippen LogP contribution is 2.29. The molecule has 3 heterocycles. The predicted molar refractivity (Wildman–Crippen MR) is 106 cm³/mol. The summed E-state index contributed by atoms with van der Waals surface area (Å²) >= 11 is 6.21. The van der Waals surface area contributed by atoms with Gasteiger partial charge in [0, 0.05) is 37.9 Å². The van der Waals surface area contributed by atoms with Gasteiger partial charge < -0.3 is 14.2 Å². The molecular formula is C21H17ClN4O2. The Bertz CT molecular complexity index is 1050. The maximum atomic E-state index is 12.8. The average Bonchev–Trinajstić information content (AvgIpc) is 3.23. The van der Waals surface area contributed by atoms with Crippen LogP contribution in [-0.4, -0.2) is 42.0 Å². The summed E-state index contributed by atoms with van der Waals surface area (Å²) < 4.78 is 5.77. The van der Waals surface area contributed by atoms with Crippen LogP contribution in [0.5, 0.6) is 0 Å². The molecule has 0 unspecified atom stereocenters. The van der Waals surface area contributed by atoms with Crippen molar-refractivity contribution in [3.63, 3.8) is 0 Å². The second-order valence-corrected chi connectivity index (χ2v) is 6.82. The molecule has 1 amide bonds. The standard InChI is InChI=1S/C21H17ClN4O2/c22-17-6-2-1-5-16(17)18-7-8-19(28-18)21(27)26-12-10-25(11-13-26)20-15(14-23)4-3-9-24-20/h1-9H,10-13H2. The SMILES string of the molecule is N#Cc1cccnc1N1CCN(C(=O)c2ccc(-c3ccccc3Cl)o2)CC1. The summed E-state index contributed by atoms with van der Waals surface area (Å²) in [7, 11) is 0. The van der Waals surface area contributed by atoms with E-state index in [0.29, 0.717) is 54.1 Å². The van der Waals surface area contributed by atoms with Gasteiger partial charge in [-0.25, -0.2) is 4.98 Å². The van der Waals surface area contributed by atoms with Crippen LogP contribution in [0.4, 0.5) is 5.82 Å². The summed E-state index contributed by atoms with van der Waals surface area (Å²) in [4.78, 5) is 20.9. The first kappa shape index (κ1) is 18.1. The summed E-state index contributed by atoms with van der Waals surface area (Å²) in [5.74, 6) is 1.37. The van der Waals surface area contributed by atoms with Crippen molar-refractivity contribution in [2.75, 3.05) is 31.1 Å². The molecule has 0 saturated carbocycles. The summed E-state index contributed by atoms with van der Waals surface area (Å²) in [5.41, 5.74) is 1.30. The van der Waals surface area contributed by atoms with Crippen molar-refractivity contribution in [1.29, 1.82) is 5.26 Å². The van der Waals surface area contributed by atoms with Gasteiger partial charge in [-0.3, -0.25) is 4.79 Å². The predicted octanol–water partition coefficient (Wildman–Crippen LogP) is 3.83. The fourth-order valence-electron chi connectivity index (χ4n) is 3.27. The Labute approximate surface area is 167 Å². The average molecular weight is 393 g/mol. The lowest BCUT2D eigenvalue weighted by Gasteiger charge is -2.35. The number of amides is 1. The Kier molecular flexibility index (Phi) is 5.00. The molecule has 1 aliphatic rings. The Balaban J connectivity index is 1.45. The van der Waals surface area contributed by atoms with E-state index in [4.69, 9.17) is 16.0 Å². The van der Waals surface area contributed by atoms with E-state index in [1.54, 1.807) is 41.4 Å². The highest BCUT2D eigenvalue weighted by atomic mass is 35.5. The molecule has 28 heavy (non-hydrogen) atoms. The number of anilines is 1. The molecule has 0 N–H and O–H groups in total. The molecule has 4 rings (SSSR count). The molecule has 0 radical (unpaired) electrons. The molecule has 0 spiro atoms. The van der Waals surface area contributed by atoms with E-state index in [1.165, 1.54) is 0 Å². The quantitative estimate of drug-likeness (QED) is 0.677. The van der Waals surface area contributed by atoms with Gasteiger partial charge in [-0.2, -0.15) is 5.26 Å². The van der Waals surface area contributed by atoms with Crippen LogP contribution in [0.15, 0.2) is 59.1 Å². The van der Waals surface area contributed by atoms with Crippen LogP contribution in [0.3, 0.4) is 0 Å². The van der Waals surface area contributed by atoms with E-state index in [9.17, 15) is 10.1 Å². The largest absolute Gasteiger partial charge is 0.451 e. The number of aromatic nitrogens is 1. The lowest BCUT2D eigenvalue weighted by Crippen LogP contribution is -2.49. The third-order valence-corrected chi connectivity index (χ3v) is 5.06. The van der Waals surface area contributed by atoms with Gasteiger partial charge in [0.15, 0.2) is 5.76 Å². The van der Waals surface area contributed by atoms with Crippen LogP contribution >= 0.6 is 11.6 Å². The van der Waals surface area contributed by atoms with Gasteiger partial charge in [-0.15, -0.1) is 0 Å². The van der Waals surface area contributed by atoms with Gasteiger partial charge in [-0.1, -0.05) is 23.7 Å². The molecule has 1 fully saturated rings. The molecule has 140 valence electrons. The number of halogens is 1. The maximum absolute atomic E-state index is 12.8. The molecule has 0 bridgehead atoms. The molecule has 2 aromatic heterocycles. The summed E-state index contributed by atoms with van der Waals surface area (Å²) in [6.07, 6.45) is 1.67. The van der Waals surface area contributed by atoms with E-state index in [2.05, 4.69) is 11.1 Å².